The van der Waals surface area contributed by atoms with Crippen LogP contribution in [0.25, 0.3) is 0 Å². The molecule has 0 saturated carbocycles. The Hall–Kier alpha value is -0.560. The third-order valence-electron chi connectivity index (χ3n) is 3.39. The molecule has 0 aromatic carbocycles. The average molecular weight is 266 g/mol. The van der Waals surface area contributed by atoms with Gasteiger partial charge in [0.2, 0.25) is 0 Å². The summed E-state index contributed by atoms with van der Waals surface area (Å²) in [6, 6.07) is 0. The topological polar surface area (TPSA) is 20.2 Å². The van der Waals surface area contributed by atoms with Gasteiger partial charge in [-0.15, -0.1) is 0 Å². The highest BCUT2D eigenvalue weighted by atomic mass is 16.2. The van der Waals surface area contributed by atoms with Gasteiger partial charge in [0, 0.05) is 6.61 Å². The van der Waals surface area contributed by atoms with Crippen LogP contribution in [0, 0.1) is 0 Å². The number of hydrogen-bond donors (Lipinski definition) is 1. The minimum atomic E-state index is 0.355. The van der Waals surface area contributed by atoms with Crippen molar-refractivity contribution < 1.29 is 5.11 Å². The molecule has 0 spiro atoms. The normalized spacial score (nSPS) is 11.9. The van der Waals surface area contributed by atoms with E-state index < -0.39 is 0 Å². The Balaban J connectivity index is 3.14. The van der Waals surface area contributed by atoms with Crippen LogP contribution in [0.2, 0.25) is 0 Å². The van der Waals surface area contributed by atoms with Crippen LogP contribution in [0.4, 0.5) is 0 Å². The van der Waals surface area contributed by atoms with Crippen molar-refractivity contribution in [2.24, 2.45) is 0 Å². The summed E-state index contributed by atoms with van der Waals surface area (Å²) in [4.78, 5) is 0. The first-order chi connectivity index (χ1) is 9.41. The highest BCUT2D eigenvalue weighted by Gasteiger charge is 1.89. The van der Waals surface area contributed by atoms with Gasteiger partial charge in [-0.05, 0) is 32.1 Å². The van der Waals surface area contributed by atoms with E-state index in [1.54, 1.807) is 0 Å². The summed E-state index contributed by atoms with van der Waals surface area (Å²) in [5, 5.41) is 8.65. The van der Waals surface area contributed by atoms with Gasteiger partial charge < -0.3 is 5.11 Å². The van der Waals surface area contributed by atoms with Gasteiger partial charge in [-0.25, -0.2) is 0 Å². The number of allylic oxidation sites excluding steroid dienone is 4. The Labute approximate surface area is 120 Å². The number of rotatable bonds is 14. The summed E-state index contributed by atoms with van der Waals surface area (Å²) in [5.74, 6) is 0. The van der Waals surface area contributed by atoms with Gasteiger partial charge in [0.1, 0.15) is 0 Å². The molecule has 0 fully saturated rings. The molecule has 0 unspecified atom stereocenters. The lowest BCUT2D eigenvalue weighted by Crippen LogP contribution is -1.83. The summed E-state index contributed by atoms with van der Waals surface area (Å²) in [5.41, 5.74) is 0. The van der Waals surface area contributed by atoms with Crippen LogP contribution in [-0.4, -0.2) is 11.7 Å². The van der Waals surface area contributed by atoms with Gasteiger partial charge in [0.15, 0.2) is 0 Å². The van der Waals surface area contributed by atoms with E-state index in [4.69, 9.17) is 5.11 Å². The van der Waals surface area contributed by atoms with Crippen molar-refractivity contribution in [2.75, 3.05) is 6.61 Å². The molecule has 0 atom stereocenters. The van der Waals surface area contributed by atoms with E-state index in [2.05, 4.69) is 31.2 Å². The first kappa shape index (κ1) is 18.4. The lowest BCUT2D eigenvalue weighted by Gasteiger charge is -1.98. The standard InChI is InChI=1S/C18H34O/c1-2-3-4-5-6-7-8-9-10-11-12-13-14-15-16-17-18-19/h7-10,19H,2-6,11-18H2,1H3/b8-7+,10-9+. The predicted molar refractivity (Wildman–Crippen MR) is 86.4 cm³/mol. The first-order valence-electron chi connectivity index (χ1n) is 8.34. The van der Waals surface area contributed by atoms with Gasteiger partial charge in [-0.1, -0.05) is 76.2 Å². The third kappa shape index (κ3) is 17.4. The largest absolute Gasteiger partial charge is 0.396 e. The van der Waals surface area contributed by atoms with E-state index in [1.165, 1.54) is 70.6 Å². The molecule has 0 aliphatic heterocycles. The number of aliphatic hydroxyl groups excluding tert-OH is 1. The van der Waals surface area contributed by atoms with Crippen molar-refractivity contribution in [3.63, 3.8) is 0 Å². The molecule has 0 amide bonds. The van der Waals surface area contributed by atoms with Crippen LogP contribution >= 0.6 is 0 Å². The fourth-order valence-electron chi connectivity index (χ4n) is 2.12. The zero-order chi connectivity index (χ0) is 14.0. The van der Waals surface area contributed by atoms with Gasteiger partial charge in [0.05, 0.1) is 0 Å². The molecule has 0 aromatic rings. The molecule has 0 heterocycles. The first-order valence-corrected chi connectivity index (χ1v) is 8.34. The van der Waals surface area contributed by atoms with E-state index in [9.17, 15) is 0 Å². The van der Waals surface area contributed by atoms with E-state index >= 15 is 0 Å². The van der Waals surface area contributed by atoms with E-state index in [0.29, 0.717) is 6.61 Å². The van der Waals surface area contributed by atoms with Crippen LogP contribution in [0.3, 0.4) is 0 Å². The lowest BCUT2D eigenvalue weighted by atomic mass is 10.1. The van der Waals surface area contributed by atoms with Crippen LogP contribution < -0.4 is 0 Å². The Morgan fingerprint density at radius 3 is 1.63 bits per heavy atom. The summed E-state index contributed by atoms with van der Waals surface area (Å²) in [6.07, 6.45) is 24.2. The Morgan fingerprint density at radius 1 is 0.632 bits per heavy atom. The maximum Gasteiger partial charge on any atom is 0.0431 e. The predicted octanol–water partition coefficient (Wildman–Crippen LogP) is 5.79. The SMILES string of the molecule is CCCCCC/C=C/C=C/CCCCCCCCO. The van der Waals surface area contributed by atoms with Crippen molar-refractivity contribution in [1.82, 2.24) is 0 Å². The van der Waals surface area contributed by atoms with Crippen molar-refractivity contribution in [3.8, 4) is 0 Å². The Morgan fingerprint density at radius 2 is 1.11 bits per heavy atom. The van der Waals surface area contributed by atoms with Crippen molar-refractivity contribution in [1.29, 1.82) is 0 Å². The zero-order valence-electron chi connectivity index (χ0n) is 12.9. The molecular weight excluding hydrogens is 232 g/mol. The summed E-state index contributed by atoms with van der Waals surface area (Å²) < 4.78 is 0. The second-order valence-electron chi connectivity index (χ2n) is 5.34. The van der Waals surface area contributed by atoms with Crippen molar-refractivity contribution >= 4 is 0 Å². The highest BCUT2D eigenvalue weighted by molar-refractivity contribution is 5.02. The maximum absolute atomic E-state index is 8.65. The van der Waals surface area contributed by atoms with Gasteiger partial charge in [-0.3, -0.25) is 0 Å². The second-order valence-corrected chi connectivity index (χ2v) is 5.34. The van der Waals surface area contributed by atoms with Crippen molar-refractivity contribution in [2.45, 2.75) is 84.0 Å². The summed E-state index contributed by atoms with van der Waals surface area (Å²) in [7, 11) is 0. The smallest absolute Gasteiger partial charge is 0.0431 e. The molecule has 0 aliphatic rings. The fraction of sp³-hybridized carbons (Fsp3) is 0.778. The van der Waals surface area contributed by atoms with E-state index in [1.807, 2.05) is 0 Å². The summed E-state index contributed by atoms with van der Waals surface area (Å²) in [6.45, 7) is 2.61. The van der Waals surface area contributed by atoms with Gasteiger partial charge in [-0.2, -0.15) is 0 Å². The number of unbranched alkanes of at least 4 members (excludes halogenated alkanes) is 10. The monoisotopic (exact) mass is 266 g/mol. The van der Waals surface area contributed by atoms with Crippen LogP contribution in [0.1, 0.15) is 84.0 Å². The van der Waals surface area contributed by atoms with Crippen LogP contribution in [0.15, 0.2) is 24.3 Å². The molecule has 19 heavy (non-hydrogen) atoms. The fourth-order valence-corrected chi connectivity index (χ4v) is 2.12. The van der Waals surface area contributed by atoms with E-state index in [0.717, 1.165) is 6.42 Å². The molecule has 0 bridgehead atoms. The number of hydrogen-bond acceptors (Lipinski definition) is 1. The molecule has 112 valence electrons. The van der Waals surface area contributed by atoms with Crippen molar-refractivity contribution in [3.05, 3.63) is 24.3 Å². The average Bonchev–Trinajstić information content (AvgIpc) is 2.43. The molecule has 1 N–H and O–H groups in total. The third-order valence-corrected chi connectivity index (χ3v) is 3.39. The molecule has 0 rings (SSSR count). The van der Waals surface area contributed by atoms with Crippen LogP contribution in [-0.2, 0) is 0 Å². The minimum absolute atomic E-state index is 0.355. The maximum atomic E-state index is 8.65. The Kier molecular flexibility index (Phi) is 16.9. The molecule has 1 heteroatoms. The molecule has 1 nitrogen and oxygen atoms in total. The van der Waals surface area contributed by atoms with Gasteiger partial charge >= 0.3 is 0 Å². The molecule has 0 aromatic heterocycles. The zero-order valence-corrected chi connectivity index (χ0v) is 12.9. The summed E-state index contributed by atoms with van der Waals surface area (Å²) >= 11 is 0. The molecule has 0 aliphatic carbocycles. The molecular formula is C18H34O. The number of aliphatic hydroxyl groups is 1. The van der Waals surface area contributed by atoms with Crippen LogP contribution in [0.5, 0.6) is 0 Å². The second kappa shape index (κ2) is 17.4. The lowest BCUT2D eigenvalue weighted by molar-refractivity contribution is 0.282. The molecule has 0 radical (unpaired) electrons. The minimum Gasteiger partial charge on any atom is -0.396 e. The van der Waals surface area contributed by atoms with E-state index in [-0.39, 0.29) is 0 Å². The Bertz CT molecular complexity index is 206. The highest BCUT2D eigenvalue weighted by Crippen LogP contribution is 2.07. The quantitative estimate of drug-likeness (QED) is 0.311. The molecule has 0 saturated heterocycles. The van der Waals surface area contributed by atoms with Gasteiger partial charge in [0.25, 0.3) is 0 Å².